The highest BCUT2D eigenvalue weighted by molar-refractivity contribution is 6.17. The third kappa shape index (κ3) is 2.75. The smallest absolute Gasteiger partial charge is 0.337 e. The molecule has 0 unspecified atom stereocenters. The van der Waals surface area contributed by atoms with Gasteiger partial charge in [0.2, 0.25) is 0 Å². The second-order valence-electron chi connectivity index (χ2n) is 4.17. The monoisotopic (exact) mass is 294 g/mol. The molecule has 8 heteroatoms. The summed E-state index contributed by atoms with van der Waals surface area (Å²) in [7, 11) is 0. The van der Waals surface area contributed by atoms with Crippen LogP contribution in [0, 0.1) is 5.82 Å². The number of hydrogen-bond acceptors (Lipinski definition) is 5. The summed E-state index contributed by atoms with van der Waals surface area (Å²) in [4.78, 5) is 35.2. The number of para-hydroxylation sites is 1. The van der Waals surface area contributed by atoms with E-state index in [1.807, 2.05) is 0 Å². The van der Waals surface area contributed by atoms with E-state index in [0.29, 0.717) is 0 Å². The van der Waals surface area contributed by atoms with Crippen molar-refractivity contribution in [2.45, 2.75) is 0 Å². The number of carbonyl (C=O) groups excluding carboxylic acids is 2. The zero-order chi connectivity index (χ0) is 15.6. The number of carboxylic acids is 1. The molecule has 3 N–H and O–H groups in total. The molecule has 1 heterocycles. The topological polar surface area (TPSA) is 107 Å². The lowest BCUT2D eigenvalue weighted by atomic mass is 10.1. The first-order valence-electron chi connectivity index (χ1n) is 5.93. The second-order valence-corrected chi connectivity index (χ2v) is 4.17. The van der Waals surface area contributed by atoms with Crippen LogP contribution in [0.3, 0.4) is 0 Å². The third-order valence-corrected chi connectivity index (χ3v) is 2.84. The maximum absolute atomic E-state index is 13.7. The van der Waals surface area contributed by atoms with E-state index < -0.39 is 35.9 Å². The Bertz CT molecular complexity index is 656. The first kappa shape index (κ1) is 14.7. The number of hydrogen-bond donors (Lipinski definition) is 3. The molecule has 0 spiro atoms. The maximum atomic E-state index is 13.7. The summed E-state index contributed by atoms with van der Waals surface area (Å²) in [5.74, 6) is -3.66. The summed E-state index contributed by atoms with van der Waals surface area (Å²) in [6.07, 6.45) is 0.927. The van der Waals surface area contributed by atoms with Crippen LogP contribution in [0.1, 0.15) is 10.4 Å². The van der Waals surface area contributed by atoms with E-state index in [2.05, 4.69) is 5.32 Å². The highest BCUT2D eigenvalue weighted by Crippen LogP contribution is 2.24. The van der Waals surface area contributed by atoms with E-state index in [9.17, 15) is 18.8 Å². The summed E-state index contributed by atoms with van der Waals surface area (Å²) in [6, 6.07) is 3.42. The van der Waals surface area contributed by atoms with Gasteiger partial charge in [-0.25, -0.2) is 9.18 Å². The number of halogens is 1. The first-order chi connectivity index (χ1) is 9.95. The number of benzene rings is 1. The number of aliphatic hydroxyl groups excluding tert-OH is 1. The summed E-state index contributed by atoms with van der Waals surface area (Å²) < 4.78 is 13.7. The molecule has 21 heavy (non-hydrogen) atoms. The molecule has 0 fully saturated rings. The van der Waals surface area contributed by atoms with Gasteiger partial charge in [-0.15, -0.1) is 0 Å². The Kier molecular flexibility index (Phi) is 3.99. The largest absolute Gasteiger partial charge is 0.478 e. The first-order valence-corrected chi connectivity index (χ1v) is 5.93. The summed E-state index contributed by atoms with van der Waals surface area (Å²) in [5.41, 5.74) is -1.01. The SMILES string of the molecule is O=C(O)c1cccc(F)c1NC1=CC(=O)N(CCO)C1=O. The number of rotatable bonds is 5. The molecule has 0 saturated heterocycles. The summed E-state index contributed by atoms with van der Waals surface area (Å²) in [5, 5.41) is 20.1. The normalized spacial score (nSPS) is 14.4. The Morgan fingerprint density at radius 3 is 2.67 bits per heavy atom. The molecule has 2 rings (SSSR count). The van der Waals surface area contributed by atoms with Gasteiger partial charge in [-0.2, -0.15) is 0 Å². The highest BCUT2D eigenvalue weighted by Gasteiger charge is 2.31. The number of anilines is 1. The van der Waals surface area contributed by atoms with E-state index in [1.165, 1.54) is 12.1 Å². The van der Waals surface area contributed by atoms with Gasteiger partial charge in [0.05, 0.1) is 24.4 Å². The number of β-amino-alcohol motifs (C(OH)–C–C–N with tert-alkyl or cyclic N) is 1. The lowest BCUT2D eigenvalue weighted by Crippen LogP contribution is -2.34. The van der Waals surface area contributed by atoms with E-state index in [0.717, 1.165) is 17.0 Å². The van der Waals surface area contributed by atoms with Crippen LogP contribution in [-0.2, 0) is 9.59 Å². The Balaban J connectivity index is 2.32. The van der Waals surface area contributed by atoms with Crippen LogP contribution in [0.4, 0.5) is 10.1 Å². The zero-order valence-electron chi connectivity index (χ0n) is 10.7. The fourth-order valence-corrected chi connectivity index (χ4v) is 1.87. The maximum Gasteiger partial charge on any atom is 0.337 e. The predicted molar refractivity (Wildman–Crippen MR) is 68.9 cm³/mol. The molecule has 0 bridgehead atoms. The van der Waals surface area contributed by atoms with E-state index >= 15 is 0 Å². The minimum atomic E-state index is -1.37. The molecule has 110 valence electrons. The van der Waals surface area contributed by atoms with Crippen molar-refractivity contribution < 1.29 is 29.0 Å². The molecule has 0 atom stereocenters. The molecule has 1 aliphatic rings. The minimum Gasteiger partial charge on any atom is -0.478 e. The van der Waals surface area contributed by atoms with Gasteiger partial charge in [-0.3, -0.25) is 14.5 Å². The van der Waals surface area contributed by atoms with Crippen LogP contribution >= 0.6 is 0 Å². The number of nitrogens with one attached hydrogen (secondary N) is 1. The van der Waals surface area contributed by atoms with Gasteiger partial charge in [0, 0.05) is 6.08 Å². The van der Waals surface area contributed by atoms with Gasteiger partial charge in [-0.1, -0.05) is 6.07 Å². The second kappa shape index (κ2) is 5.71. The molecule has 0 aliphatic carbocycles. The molecular weight excluding hydrogens is 283 g/mol. The number of carboxylic acid groups (broad SMARTS) is 1. The van der Waals surface area contributed by atoms with E-state index in [1.54, 1.807) is 0 Å². The predicted octanol–water partition coefficient (Wildman–Crippen LogP) is 0.181. The van der Waals surface area contributed by atoms with Gasteiger partial charge in [0.25, 0.3) is 11.8 Å². The molecule has 0 saturated carbocycles. The Labute approximate surface area is 118 Å². The number of imide groups is 1. The lowest BCUT2D eigenvalue weighted by molar-refractivity contribution is -0.137. The van der Waals surface area contributed by atoms with Crippen molar-refractivity contribution in [1.82, 2.24) is 4.90 Å². The Morgan fingerprint density at radius 1 is 1.33 bits per heavy atom. The Morgan fingerprint density at radius 2 is 2.05 bits per heavy atom. The van der Waals surface area contributed by atoms with Crippen LogP contribution in [0.15, 0.2) is 30.0 Å². The third-order valence-electron chi connectivity index (χ3n) is 2.84. The summed E-state index contributed by atoms with van der Waals surface area (Å²) in [6.45, 7) is -0.596. The lowest BCUT2D eigenvalue weighted by Gasteiger charge is -2.14. The van der Waals surface area contributed by atoms with Crippen molar-refractivity contribution >= 4 is 23.5 Å². The fourth-order valence-electron chi connectivity index (χ4n) is 1.87. The van der Waals surface area contributed by atoms with Gasteiger partial charge >= 0.3 is 5.97 Å². The van der Waals surface area contributed by atoms with Crippen LogP contribution in [0.5, 0.6) is 0 Å². The van der Waals surface area contributed by atoms with Gasteiger partial charge < -0.3 is 15.5 Å². The standard InChI is InChI=1S/C13H11FN2O5/c14-8-3-1-2-7(13(20)21)11(8)15-9-6-10(18)16(4-5-17)12(9)19/h1-3,6,15,17H,4-5H2,(H,20,21). The van der Waals surface area contributed by atoms with Crippen molar-refractivity contribution in [1.29, 1.82) is 0 Å². The molecule has 7 nitrogen and oxygen atoms in total. The minimum absolute atomic E-state index is 0.192. The van der Waals surface area contributed by atoms with Crippen LogP contribution in [0.25, 0.3) is 0 Å². The van der Waals surface area contributed by atoms with Crippen molar-refractivity contribution in [2.75, 3.05) is 18.5 Å². The van der Waals surface area contributed by atoms with Gasteiger partial charge in [0.1, 0.15) is 11.5 Å². The van der Waals surface area contributed by atoms with Crippen molar-refractivity contribution in [3.05, 3.63) is 41.4 Å². The van der Waals surface area contributed by atoms with Crippen LogP contribution < -0.4 is 5.32 Å². The zero-order valence-corrected chi connectivity index (χ0v) is 10.7. The van der Waals surface area contributed by atoms with Crippen molar-refractivity contribution in [3.8, 4) is 0 Å². The molecule has 1 aromatic carbocycles. The number of carbonyl (C=O) groups is 3. The molecular formula is C13H11FN2O5. The molecule has 0 aromatic heterocycles. The fraction of sp³-hybridized carbons (Fsp3) is 0.154. The van der Waals surface area contributed by atoms with Gasteiger partial charge in [-0.05, 0) is 12.1 Å². The molecule has 0 radical (unpaired) electrons. The van der Waals surface area contributed by atoms with Crippen molar-refractivity contribution in [3.63, 3.8) is 0 Å². The quantitative estimate of drug-likeness (QED) is 0.669. The van der Waals surface area contributed by atoms with Crippen molar-refractivity contribution in [2.24, 2.45) is 0 Å². The van der Waals surface area contributed by atoms with Crippen LogP contribution in [0.2, 0.25) is 0 Å². The Hall–Kier alpha value is -2.74. The number of aliphatic hydroxyl groups is 1. The molecule has 2 amide bonds. The summed E-state index contributed by atoms with van der Waals surface area (Å²) >= 11 is 0. The number of nitrogens with zero attached hydrogens (tertiary/aromatic N) is 1. The van der Waals surface area contributed by atoms with Crippen LogP contribution in [-0.4, -0.2) is 46.0 Å². The average Bonchev–Trinajstić information content (AvgIpc) is 2.69. The van der Waals surface area contributed by atoms with E-state index in [4.69, 9.17) is 10.2 Å². The average molecular weight is 294 g/mol. The van der Waals surface area contributed by atoms with Gasteiger partial charge in [0.15, 0.2) is 0 Å². The van der Waals surface area contributed by atoms with E-state index in [-0.39, 0.29) is 17.8 Å². The molecule has 1 aromatic rings. The number of aromatic carboxylic acids is 1. The number of amides is 2. The molecule has 1 aliphatic heterocycles. The highest BCUT2D eigenvalue weighted by atomic mass is 19.1.